The Morgan fingerprint density at radius 3 is 2.95 bits per heavy atom. The van der Waals surface area contributed by atoms with E-state index in [0.29, 0.717) is 18.4 Å². The highest BCUT2D eigenvalue weighted by molar-refractivity contribution is 5.23. The summed E-state index contributed by atoms with van der Waals surface area (Å²) >= 11 is 0. The number of imidazole rings is 1. The van der Waals surface area contributed by atoms with Crippen LogP contribution < -0.4 is 5.32 Å². The quantitative estimate of drug-likeness (QED) is 0.913. The number of ether oxygens (including phenoxy) is 1. The molecule has 1 fully saturated rings. The predicted octanol–water partition coefficient (Wildman–Crippen LogP) is 2.02. The van der Waals surface area contributed by atoms with Crippen LogP contribution in [-0.4, -0.2) is 32.7 Å². The second kappa shape index (κ2) is 6.17. The fraction of sp³-hybridized carbons (Fsp3) is 0.500. The van der Waals surface area contributed by atoms with Crippen LogP contribution in [0.15, 0.2) is 24.8 Å². The van der Waals surface area contributed by atoms with Crippen LogP contribution in [0.5, 0.6) is 0 Å². The molecule has 112 valence electrons. The summed E-state index contributed by atoms with van der Waals surface area (Å²) in [5, 5.41) is 3.14. The first-order valence-corrected chi connectivity index (χ1v) is 7.12. The lowest BCUT2D eigenvalue weighted by Crippen LogP contribution is -2.21. The van der Waals surface area contributed by atoms with Crippen LogP contribution in [0.25, 0.3) is 0 Å². The Bertz CT molecular complexity index is 585. The zero-order valence-electron chi connectivity index (χ0n) is 11.9. The summed E-state index contributed by atoms with van der Waals surface area (Å²) < 4.78 is 20.7. The molecule has 0 bridgehead atoms. The van der Waals surface area contributed by atoms with Crippen LogP contribution in [0.2, 0.25) is 0 Å². The largest absolute Gasteiger partial charge is 0.370 e. The van der Waals surface area contributed by atoms with E-state index in [1.165, 1.54) is 0 Å². The molecule has 3 heterocycles. The lowest BCUT2D eigenvalue weighted by Gasteiger charge is -2.19. The first-order valence-electron chi connectivity index (χ1n) is 7.12. The highest BCUT2D eigenvalue weighted by Gasteiger charge is 2.32. The van der Waals surface area contributed by atoms with Crippen LogP contribution in [-0.2, 0) is 11.3 Å². The first-order chi connectivity index (χ1) is 10.3. The minimum Gasteiger partial charge on any atom is -0.370 e. The van der Waals surface area contributed by atoms with Gasteiger partial charge in [-0.3, -0.25) is 0 Å². The summed E-state index contributed by atoms with van der Waals surface area (Å²) in [7, 11) is 0. The van der Waals surface area contributed by atoms with Crippen molar-refractivity contribution in [2.24, 2.45) is 5.92 Å². The van der Waals surface area contributed by atoms with E-state index < -0.39 is 5.82 Å². The number of halogens is 1. The van der Waals surface area contributed by atoms with E-state index in [1.54, 1.807) is 6.20 Å². The third-order valence-electron chi connectivity index (χ3n) is 3.70. The highest BCUT2D eigenvalue weighted by atomic mass is 19.1. The molecule has 1 aliphatic rings. The van der Waals surface area contributed by atoms with Crippen LogP contribution in [0.3, 0.4) is 0 Å². The van der Waals surface area contributed by atoms with Gasteiger partial charge in [0, 0.05) is 38.0 Å². The summed E-state index contributed by atoms with van der Waals surface area (Å²) in [6, 6.07) is 0. The van der Waals surface area contributed by atoms with Crippen molar-refractivity contribution in [3.05, 3.63) is 36.4 Å². The smallest absolute Gasteiger partial charge is 0.222 e. The SMILES string of the molecule is CCn1ccnc1[C@@H]1OCC[C@H]1CNc1ncc(F)cn1. The fourth-order valence-corrected chi connectivity index (χ4v) is 2.60. The molecular formula is C14H18FN5O. The second-order valence-electron chi connectivity index (χ2n) is 5.02. The summed E-state index contributed by atoms with van der Waals surface area (Å²) in [5.74, 6) is 1.25. The molecule has 7 heteroatoms. The molecule has 3 rings (SSSR count). The molecule has 6 nitrogen and oxygen atoms in total. The Hall–Kier alpha value is -2.02. The van der Waals surface area contributed by atoms with Gasteiger partial charge in [0.2, 0.25) is 5.95 Å². The Balaban J connectivity index is 1.66. The lowest BCUT2D eigenvalue weighted by atomic mass is 10.0. The maximum atomic E-state index is 12.8. The Morgan fingerprint density at radius 1 is 1.38 bits per heavy atom. The number of rotatable bonds is 5. The minimum atomic E-state index is -0.437. The van der Waals surface area contributed by atoms with Gasteiger partial charge < -0.3 is 14.6 Å². The van der Waals surface area contributed by atoms with Gasteiger partial charge >= 0.3 is 0 Å². The zero-order valence-corrected chi connectivity index (χ0v) is 11.9. The number of anilines is 1. The molecule has 0 radical (unpaired) electrons. The molecule has 1 N–H and O–H groups in total. The van der Waals surface area contributed by atoms with E-state index in [0.717, 1.165) is 37.8 Å². The molecular weight excluding hydrogens is 273 g/mol. The maximum absolute atomic E-state index is 12.8. The van der Waals surface area contributed by atoms with Crippen molar-refractivity contribution >= 4 is 5.95 Å². The van der Waals surface area contributed by atoms with Gasteiger partial charge in [-0.05, 0) is 13.3 Å². The van der Waals surface area contributed by atoms with Gasteiger partial charge in [-0.2, -0.15) is 0 Å². The number of hydrogen-bond acceptors (Lipinski definition) is 5. The van der Waals surface area contributed by atoms with E-state index in [4.69, 9.17) is 4.74 Å². The molecule has 0 aliphatic carbocycles. The van der Waals surface area contributed by atoms with E-state index in [1.807, 2.05) is 6.20 Å². The standard InChI is InChI=1S/C14H18FN5O/c1-2-20-5-4-16-13(20)12-10(3-6-21-12)7-17-14-18-8-11(15)9-19-14/h4-5,8-10,12H,2-3,6-7H2,1H3,(H,17,18,19)/t10-,12+/m0/s1. The molecule has 21 heavy (non-hydrogen) atoms. The van der Waals surface area contributed by atoms with Gasteiger partial charge in [-0.15, -0.1) is 0 Å². The summed E-state index contributed by atoms with van der Waals surface area (Å²) in [5.41, 5.74) is 0. The van der Waals surface area contributed by atoms with Crippen molar-refractivity contribution in [1.29, 1.82) is 0 Å². The van der Waals surface area contributed by atoms with Crippen molar-refractivity contribution < 1.29 is 9.13 Å². The molecule has 1 saturated heterocycles. The molecule has 0 saturated carbocycles. The summed E-state index contributed by atoms with van der Waals surface area (Å²) in [4.78, 5) is 12.2. The summed E-state index contributed by atoms with van der Waals surface area (Å²) in [6.45, 7) is 4.35. The fourth-order valence-electron chi connectivity index (χ4n) is 2.60. The normalized spacial score (nSPS) is 21.6. The zero-order chi connectivity index (χ0) is 14.7. The molecule has 1 aliphatic heterocycles. The molecule has 2 aromatic rings. The van der Waals surface area contributed by atoms with Crippen LogP contribution >= 0.6 is 0 Å². The molecule has 2 atom stereocenters. The molecule has 0 spiro atoms. The van der Waals surface area contributed by atoms with Crippen molar-refractivity contribution in [2.45, 2.75) is 26.0 Å². The van der Waals surface area contributed by atoms with Crippen molar-refractivity contribution in [2.75, 3.05) is 18.5 Å². The monoisotopic (exact) mass is 291 g/mol. The van der Waals surface area contributed by atoms with Gasteiger partial charge in [-0.25, -0.2) is 19.3 Å². The van der Waals surface area contributed by atoms with E-state index in [2.05, 4.69) is 31.8 Å². The number of nitrogens with one attached hydrogen (secondary N) is 1. The third-order valence-corrected chi connectivity index (χ3v) is 3.70. The topological polar surface area (TPSA) is 64.9 Å². The van der Waals surface area contributed by atoms with Crippen molar-refractivity contribution in [1.82, 2.24) is 19.5 Å². The van der Waals surface area contributed by atoms with E-state index in [9.17, 15) is 4.39 Å². The predicted molar refractivity (Wildman–Crippen MR) is 75.2 cm³/mol. The van der Waals surface area contributed by atoms with Gasteiger partial charge in [0.25, 0.3) is 0 Å². The maximum Gasteiger partial charge on any atom is 0.222 e. The average Bonchev–Trinajstić information content (AvgIpc) is 3.14. The van der Waals surface area contributed by atoms with Gasteiger partial charge in [-0.1, -0.05) is 0 Å². The van der Waals surface area contributed by atoms with E-state index in [-0.39, 0.29) is 6.10 Å². The van der Waals surface area contributed by atoms with Crippen LogP contribution in [0.1, 0.15) is 25.3 Å². The highest BCUT2D eigenvalue weighted by Crippen LogP contribution is 2.33. The number of aryl methyl sites for hydroxylation is 1. The van der Waals surface area contributed by atoms with Gasteiger partial charge in [0.1, 0.15) is 11.9 Å². The molecule has 0 aromatic carbocycles. The van der Waals surface area contributed by atoms with Crippen molar-refractivity contribution in [3.8, 4) is 0 Å². The lowest BCUT2D eigenvalue weighted by molar-refractivity contribution is 0.0832. The molecule has 2 aromatic heterocycles. The third kappa shape index (κ3) is 3.02. The van der Waals surface area contributed by atoms with E-state index >= 15 is 0 Å². The molecule has 0 unspecified atom stereocenters. The summed E-state index contributed by atoms with van der Waals surface area (Å²) in [6.07, 6.45) is 7.00. The van der Waals surface area contributed by atoms with Gasteiger partial charge in [0.15, 0.2) is 5.82 Å². The minimum absolute atomic E-state index is 0.0205. The Labute approximate surface area is 122 Å². The Morgan fingerprint density at radius 2 is 2.19 bits per heavy atom. The molecule has 0 amide bonds. The number of hydrogen-bond donors (Lipinski definition) is 1. The second-order valence-corrected chi connectivity index (χ2v) is 5.02. The number of aromatic nitrogens is 4. The van der Waals surface area contributed by atoms with Crippen LogP contribution in [0.4, 0.5) is 10.3 Å². The van der Waals surface area contributed by atoms with Crippen molar-refractivity contribution in [3.63, 3.8) is 0 Å². The number of nitrogens with zero attached hydrogens (tertiary/aromatic N) is 4. The van der Waals surface area contributed by atoms with Gasteiger partial charge in [0.05, 0.1) is 12.4 Å². The Kier molecular flexibility index (Phi) is 4.10. The first kappa shape index (κ1) is 13.9. The van der Waals surface area contributed by atoms with Crippen LogP contribution in [0, 0.1) is 11.7 Å². The average molecular weight is 291 g/mol.